The van der Waals surface area contributed by atoms with Gasteiger partial charge in [0.2, 0.25) is 0 Å². The molecule has 7 heteroatoms. The van der Waals surface area contributed by atoms with Gasteiger partial charge in [-0.05, 0) is 42.8 Å². The minimum absolute atomic E-state index is 0.0728. The van der Waals surface area contributed by atoms with Crippen LogP contribution < -0.4 is 4.90 Å². The molecular formula is C20H17ClN4OS. The van der Waals surface area contributed by atoms with E-state index < -0.39 is 0 Å². The molecule has 0 atom stereocenters. The van der Waals surface area contributed by atoms with Crippen molar-refractivity contribution in [3.8, 4) is 0 Å². The van der Waals surface area contributed by atoms with Gasteiger partial charge in [-0.25, -0.2) is 9.97 Å². The van der Waals surface area contributed by atoms with Gasteiger partial charge in [0.25, 0.3) is 5.91 Å². The molecule has 0 spiro atoms. The Labute approximate surface area is 165 Å². The average molecular weight is 397 g/mol. The minimum atomic E-state index is -0.0728. The van der Waals surface area contributed by atoms with Crippen LogP contribution in [0, 0.1) is 0 Å². The second kappa shape index (κ2) is 7.90. The van der Waals surface area contributed by atoms with E-state index in [1.54, 1.807) is 41.7 Å². The van der Waals surface area contributed by atoms with Gasteiger partial charge in [0, 0.05) is 36.1 Å². The highest BCUT2D eigenvalue weighted by Crippen LogP contribution is 2.30. The molecule has 1 amide bonds. The van der Waals surface area contributed by atoms with E-state index >= 15 is 0 Å². The molecular weight excluding hydrogens is 380 g/mol. The molecule has 0 N–H and O–H groups in total. The van der Waals surface area contributed by atoms with E-state index in [9.17, 15) is 4.79 Å². The Bertz CT molecular complexity index is 1010. The number of hydrogen-bond donors (Lipinski definition) is 0. The highest BCUT2D eigenvalue weighted by molar-refractivity contribution is 7.22. The van der Waals surface area contributed by atoms with E-state index in [4.69, 9.17) is 11.6 Å². The topological polar surface area (TPSA) is 51.0 Å². The van der Waals surface area contributed by atoms with Gasteiger partial charge in [-0.3, -0.25) is 9.69 Å². The Morgan fingerprint density at radius 2 is 1.96 bits per heavy atom. The molecule has 0 aliphatic heterocycles. The first kappa shape index (κ1) is 17.7. The summed E-state index contributed by atoms with van der Waals surface area (Å²) in [6.45, 7) is 1.36. The zero-order chi connectivity index (χ0) is 18.6. The van der Waals surface area contributed by atoms with Gasteiger partial charge < -0.3 is 4.57 Å². The average Bonchev–Trinajstić information content (AvgIpc) is 3.34. The first-order valence-corrected chi connectivity index (χ1v) is 9.79. The van der Waals surface area contributed by atoms with Crippen LogP contribution in [-0.4, -0.2) is 27.0 Å². The summed E-state index contributed by atoms with van der Waals surface area (Å²) in [5, 5.41) is 1.32. The van der Waals surface area contributed by atoms with Crippen LogP contribution in [0.25, 0.3) is 10.2 Å². The Kier molecular flexibility index (Phi) is 5.18. The number of carbonyl (C=O) groups excluding carboxylic acids is 1. The molecule has 136 valence electrons. The molecule has 5 nitrogen and oxygen atoms in total. The number of nitrogens with zero attached hydrogens (tertiary/aromatic N) is 4. The van der Waals surface area contributed by atoms with Crippen molar-refractivity contribution in [1.82, 2.24) is 14.5 Å². The summed E-state index contributed by atoms with van der Waals surface area (Å²) in [4.78, 5) is 23.6. The van der Waals surface area contributed by atoms with Gasteiger partial charge in [-0.15, -0.1) is 0 Å². The maximum atomic E-state index is 13.2. The third-order valence-corrected chi connectivity index (χ3v) is 5.52. The summed E-state index contributed by atoms with van der Waals surface area (Å²) < 4.78 is 3.07. The summed E-state index contributed by atoms with van der Waals surface area (Å²) >= 11 is 7.49. The Morgan fingerprint density at radius 1 is 1.15 bits per heavy atom. The lowest BCUT2D eigenvalue weighted by atomic mass is 10.2. The fourth-order valence-corrected chi connectivity index (χ4v) is 3.95. The highest BCUT2D eigenvalue weighted by atomic mass is 35.5. The summed E-state index contributed by atoms with van der Waals surface area (Å²) in [6, 6.07) is 14.9. The monoisotopic (exact) mass is 396 g/mol. The van der Waals surface area contributed by atoms with Crippen LogP contribution in [0.3, 0.4) is 0 Å². The molecule has 0 unspecified atom stereocenters. The highest BCUT2D eigenvalue weighted by Gasteiger charge is 2.21. The van der Waals surface area contributed by atoms with Crippen LogP contribution in [0.15, 0.2) is 67.3 Å². The van der Waals surface area contributed by atoms with E-state index in [1.165, 1.54) is 11.3 Å². The van der Waals surface area contributed by atoms with Crippen molar-refractivity contribution in [1.29, 1.82) is 0 Å². The van der Waals surface area contributed by atoms with E-state index in [1.807, 2.05) is 35.0 Å². The zero-order valence-electron chi connectivity index (χ0n) is 14.5. The SMILES string of the molecule is O=C(c1ccc(Cl)cc1)N(CCCn1ccnc1)c1nc2ccccc2s1. The van der Waals surface area contributed by atoms with Gasteiger partial charge in [0.15, 0.2) is 5.13 Å². The number of halogens is 1. The summed E-state index contributed by atoms with van der Waals surface area (Å²) in [7, 11) is 0. The quantitative estimate of drug-likeness (QED) is 0.466. The standard InChI is InChI=1S/C20H17ClN4OS/c21-16-8-6-15(7-9-16)19(26)25(12-3-11-24-13-10-22-14-24)20-23-17-4-1-2-5-18(17)27-20/h1-2,4-10,13-14H,3,11-12H2. The number of para-hydroxylation sites is 1. The minimum Gasteiger partial charge on any atom is -0.337 e. The van der Waals surface area contributed by atoms with Crippen molar-refractivity contribution in [2.75, 3.05) is 11.4 Å². The summed E-state index contributed by atoms with van der Waals surface area (Å²) in [6.07, 6.45) is 6.25. The fraction of sp³-hybridized carbons (Fsp3) is 0.150. The maximum Gasteiger partial charge on any atom is 0.260 e. The molecule has 0 saturated carbocycles. The number of rotatable bonds is 6. The number of aryl methyl sites for hydroxylation is 1. The first-order chi connectivity index (χ1) is 13.2. The second-order valence-corrected chi connectivity index (χ2v) is 7.53. The van der Waals surface area contributed by atoms with Gasteiger partial charge in [0.05, 0.1) is 16.5 Å². The number of hydrogen-bond acceptors (Lipinski definition) is 4. The molecule has 2 aromatic carbocycles. The second-order valence-electron chi connectivity index (χ2n) is 6.08. The predicted molar refractivity (Wildman–Crippen MR) is 110 cm³/mol. The smallest absolute Gasteiger partial charge is 0.260 e. The Morgan fingerprint density at radius 3 is 2.70 bits per heavy atom. The Hall–Kier alpha value is -2.70. The molecule has 4 aromatic rings. The molecule has 0 aliphatic carbocycles. The molecule has 27 heavy (non-hydrogen) atoms. The lowest BCUT2D eigenvalue weighted by molar-refractivity contribution is 0.0986. The number of anilines is 1. The number of carbonyl (C=O) groups is 1. The van der Waals surface area contributed by atoms with E-state index in [-0.39, 0.29) is 5.91 Å². The van der Waals surface area contributed by atoms with Crippen LogP contribution in [0.2, 0.25) is 5.02 Å². The van der Waals surface area contributed by atoms with Crippen LogP contribution in [0.1, 0.15) is 16.8 Å². The van der Waals surface area contributed by atoms with E-state index in [0.717, 1.165) is 23.2 Å². The summed E-state index contributed by atoms with van der Waals surface area (Å²) in [5.74, 6) is -0.0728. The van der Waals surface area contributed by atoms with Crippen molar-refractivity contribution in [2.45, 2.75) is 13.0 Å². The lowest BCUT2D eigenvalue weighted by Gasteiger charge is -2.20. The number of thiazole rings is 1. The van der Waals surface area contributed by atoms with Gasteiger partial charge in [-0.1, -0.05) is 35.1 Å². The molecule has 4 rings (SSSR count). The van der Waals surface area contributed by atoms with Crippen LogP contribution in [0.4, 0.5) is 5.13 Å². The molecule has 0 bridgehead atoms. The lowest BCUT2D eigenvalue weighted by Crippen LogP contribution is -2.32. The fourth-order valence-electron chi connectivity index (χ4n) is 2.84. The van der Waals surface area contributed by atoms with Crippen molar-refractivity contribution in [3.05, 3.63) is 77.8 Å². The van der Waals surface area contributed by atoms with Gasteiger partial charge in [-0.2, -0.15) is 0 Å². The third-order valence-electron chi connectivity index (χ3n) is 4.21. The van der Waals surface area contributed by atoms with Crippen LogP contribution >= 0.6 is 22.9 Å². The zero-order valence-corrected chi connectivity index (χ0v) is 16.0. The maximum absolute atomic E-state index is 13.2. The van der Waals surface area contributed by atoms with Crippen molar-refractivity contribution < 1.29 is 4.79 Å². The van der Waals surface area contributed by atoms with Gasteiger partial charge >= 0.3 is 0 Å². The van der Waals surface area contributed by atoms with E-state index in [0.29, 0.717) is 22.3 Å². The van der Waals surface area contributed by atoms with Crippen molar-refractivity contribution in [3.63, 3.8) is 0 Å². The third kappa shape index (κ3) is 4.02. The number of aromatic nitrogens is 3. The normalized spacial score (nSPS) is 11.0. The number of amides is 1. The molecule has 0 fully saturated rings. The van der Waals surface area contributed by atoms with E-state index in [2.05, 4.69) is 9.97 Å². The summed E-state index contributed by atoms with van der Waals surface area (Å²) in [5.41, 5.74) is 1.50. The predicted octanol–water partition coefficient (Wildman–Crippen LogP) is 4.88. The van der Waals surface area contributed by atoms with Crippen LogP contribution in [-0.2, 0) is 6.54 Å². The first-order valence-electron chi connectivity index (χ1n) is 8.59. The molecule has 2 heterocycles. The molecule has 0 aliphatic rings. The van der Waals surface area contributed by atoms with Crippen molar-refractivity contribution >= 4 is 44.2 Å². The van der Waals surface area contributed by atoms with Gasteiger partial charge in [0.1, 0.15) is 0 Å². The molecule has 2 aromatic heterocycles. The van der Waals surface area contributed by atoms with Crippen LogP contribution in [0.5, 0.6) is 0 Å². The number of fused-ring (bicyclic) bond motifs is 1. The van der Waals surface area contributed by atoms with Crippen molar-refractivity contribution in [2.24, 2.45) is 0 Å². The number of imidazole rings is 1. The Balaban J connectivity index is 1.61. The largest absolute Gasteiger partial charge is 0.337 e. The molecule has 0 radical (unpaired) electrons. The number of benzene rings is 2. The molecule has 0 saturated heterocycles.